The summed E-state index contributed by atoms with van der Waals surface area (Å²) in [5.74, 6) is -0.546. The van der Waals surface area contributed by atoms with Gasteiger partial charge >= 0.3 is 5.97 Å². The highest BCUT2D eigenvalue weighted by atomic mass is 16.4. The first-order valence-electron chi connectivity index (χ1n) is 5.53. The van der Waals surface area contributed by atoms with Gasteiger partial charge in [-0.25, -0.2) is 9.78 Å². The van der Waals surface area contributed by atoms with Gasteiger partial charge in [-0.2, -0.15) is 0 Å². The molecule has 0 fully saturated rings. The average Bonchev–Trinajstić information content (AvgIpc) is 2.68. The van der Waals surface area contributed by atoms with Gasteiger partial charge in [0.05, 0.1) is 5.52 Å². The number of nitrogens with zero attached hydrogens (tertiary/aromatic N) is 2. The number of carbonyl (C=O) groups excluding carboxylic acids is 1. The van der Waals surface area contributed by atoms with Crippen molar-refractivity contribution in [3.63, 3.8) is 0 Å². The number of aromatic nitrogens is 2. The lowest BCUT2D eigenvalue weighted by Crippen LogP contribution is -2.23. The summed E-state index contributed by atoms with van der Waals surface area (Å²) < 4.78 is 1.73. The van der Waals surface area contributed by atoms with E-state index in [2.05, 4.69) is 10.3 Å². The number of carboxylic acid groups (broad SMARTS) is 1. The topological polar surface area (TPSA) is 83.7 Å². The molecule has 1 amide bonds. The van der Waals surface area contributed by atoms with Crippen molar-refractivity contribution in [2.24, 2.45) is 0 Å². The summed E-state index contributed by atoms with van der Waals surface area (Å²) in [4.78, 5) is 25.9. The molecule has 2 heterocycles. The summed E-state index contributed by atoms with van der Waals surface area (Å²) in [7, 11) is 0. The minimum Gasteiger partial charge on any atom is -0.476 e. The second-order valence-corrected chi connectivity index (χ2v) is 3.87. The van der Waals surface area contributed by atoms with Crippen LogP contribution in [0.25, 0.3) is 5.52 Å². The lowest BCUT2D eigenvalue weighted by atomic mass is 10.3. The number of nitrogens with one attached hydrogen (secondary N) is 1. The Bertz CT molecular complexity index is 604. The summed E-state index contributed by atoms with van der Waals surface area (Å²) in [5.41, 5.74) is 0.594. The quantitative estimate of drug-likeness (QED) is 0.833. The summed E-state index contributed by atoms with van der Waals surface area (Å²) in [6.07, 6.45) is 2.25. The largest absolute Gasteiger partial charge is 0.476 e. The Balaban J connectivity index is 2.33. The predicted molar refractivity (Wildman–Crippen MR) is 64.5 cm³/mol. The Morgan fingerprint density at radius 3 is 2.89 bits per heavy atom. The van der Waals surface area contributed by atoms with Crippen molar-refractivity contribution in [1.82, 2.24) is 14.7 Å². The van der Waals surface area contributed by atoms with Crippen LogP contribution in [0.15, 0.2) is 24.4 Å². The van der Waals surface area contributed by atoms with Crippen molar-refractivity contribution in [1.29, 1.82) is 0 Å². The molecule has 0 aliphatic rings. The lowest BCUT2D eigenvalue weighted by molar-refractivity contribution is -0.118. The van der Waals surface area contributed by atoms with Gasteiger partial charge in [0, 0.05) is 26.1 Å². The molecule has 0 unspecified atom stereocenters. The number of hydrogen-bond acceptors (Lipinski definition) is 3. The molecule has 2 rings (SSSR count). The van der Waals surface area contributed by atoms with E-state index in [1.165, 1.54) is 6.92 Å². The van der Waals surface area contributed by atoms with Crippen molar-refractivity contribution in [2.75, 3.05) is 6.54 Å². The van der Waals surface area contributed by atoms with Crippen molar-refractivity contribution in [3.8, 4) is 0 Å². The van der Waals surface area contributed by atoms with E-state index in [1.807, 2.05) is 6.07 Å². The van der Waals surface area contributed by atoms with Gasteiger partial charge in [0.1, 0.15) is 5.82 Å². The van der Waals surface area contributed by atoms with Crippen LogP contribution in [0.3, 0.4) is 0 Å². The van der Waals surface area contributed by atoms with E-state index in [-0.39, 0.29) is 11.6 Å². The van der Waals surface area contributed by atoms with E-state index in [1.54, 1.807) is 22.7 Å². The molecule has 0 saturated carbocycles. The van der Waals surface area contributed by atoms with Crippen LogP contribution in [0.1, 0.15) is 23.2 Å². The fraction of sp³-hybridized carbons (Fsp3) is 0.250. The number of hydrogen-bond donors (Lipinski definition) is 2. The van der Waals surface area contributed by atoms with Gasteiger partial charge in [0.25, 0.3) is 0 Å². The third-order valence-electron chi connectivity index (χ3n) is 2.55. The highest BCUT2D eigenvalue weighted by molar-refractivity contribution is 5.93. The zero-order valence-electron chi connectivity index (χ0n) is 9.88. The first kappa shape index (κ1) is 12.1. The van der Waals surface area contributed by atoms with Crippen LogP contribution >= 0.6 is 0 Å². The monoisotopic (exact) mass is 247 g/mol. The molecule has 0 aromatic carbocycles. The van der Waals surface area contributed by atoms with Gasteiger partial charge in [-0.3, -0.25) is 4.79 Å². The second-order valence-electron chi connectivity index (χ2n) is 3.87. The fourth-order valence-corrected chi connectivity index (χ4v) is 1.79. The van der Waals surface area contributed by atoms with Crippen LogP contribution in [-0.2, 0) is 11.2 Å². The normalized spacial score (nSPS) is 10.5. The molecule has 94 valence electrons. The minimum atomic E-state index is -1.05. The van der Waals surface area contributed by atoms with Gasteiger partial charge in [-0.05, 0) is 12.1 Å². The first-order valence-corrected chi connectivity index (χ1v) is 5.53. The maximum absolute atomic E-state index is 11.1. The molecular weight excluding hydrogens is 234 g/mol. The number of aromatic carboxylic acids is 1. The molecule has 2 N–H and O–H groups in total. The van der Waals surface area contributed by atoms with Crippen molar-refractivity contribution >= 4 is 17.4 Å². The number of carbonyl (C=O) groups is 2. The Kier molecular flexibility index (Phi) is 3.27. The molecule has 0 bridgehead atoms. The fourth-order valence-electron chi connectivity index (χ4n) is 1.79. The molecule has 0 atom stereocenters. The van der Waals surface area contributed by atoms with E-state index in [0.717, 1.165) is 0 Å². The maximum atomic E-state index is 11.1. The number of amides is 1. The van der Waals surface area contributed by atoms with Gasteiger partial charge in [-0.15, -0.1) is 0 Å². The third-order valence-corrected chi connectivity index (χ3v) is 2.55. The summed E-state index contributed by atoms with van der Waals surface area (Å²) in [5, 5.41) is 11.7. The summed E-state index contributed by atoms with van der Waals surface area (Å²) in [6.45, 7) is 1.87. The molecule has 0 radical (unpaired) electrons. The van der Waals surface area contributed by atoms with E-state index >= 15 is 0 Å². The molecule has 0 saturated heterocycles. The standard InChI is InChI=1S/C12H13N3O3/c1-8(16)13-6-5-10-14-11(12(17)18)9-4-2-3-7-15(9)10/h2-4,7H,5-6H2,1H3,(H,13,16)(H,17,18). The van der Waals surface area contributed by atoms with Crippen molar-refractivity contribution in [3.05, 3.63) is 35.9 Å². The minimum absolute atomic E-state index is 0.0356. The molecule has 6 heteroatoms. The highest BCUT2D eigenvalue weighted by Gasteiger charge is 2.15. The van der Waals surface area contributed by atoms with Gasteiger partial charge < -0.3 is 14.8 Å². The van der Waals surface area contributed by atoms with Crippen LogP contribution < -0.4 is 5.32 Å². The Labute approximate surface area is 103 Å². The number of imidazole rings is 1. The maximum Gasteiger partial charge on any atom is 0.356 e. The van der Waals surface area contributed by atoms with Crippen LogP contribution in [0.4, 0.5) is 0 Å². The van der Waals surface area contributed by atoms with E-state index < -0.39 is 5.97 Å². The number of fused-ring (bicyclic) bond motifs is 1. The van der Waals surface area contributed by atoms with E-state index in [0.29, 0.717) is 24.3 Å². The van der Waals surface area contributed by atoms with Crippen LogP contribution in [-0.4, -0.2) is 32.9 Å². The molecule has 2 aromatic heterocycles. The zero-order chi connectivity index (χ0) is 13.1. The van der Waals surface area contributed by atoms with E-state index in [9.17, 15) is 9.59 Å². The molecular formula is C12H13N3O3. The molecule has 6 nitrogen and oxygen atoms in total. The Morgan fingerprint density at radius 2 is 2.22 bits per heavy atom. The predicted octanol–water partition coefficient (Wildman–Crippen LogP) is 0.711. The van der Waals surface area contributed by atoms with E-state index in [4.69, 9.17) is 5.11 Å². The molecule has 18 heavy (non-hydrogen) atoms. The molecule has 0 aliphatic heterocycles. The summed E-state index contributed by atoms with van der Waals surface area (Å²) in [6, 6.07) is 5.28. The molecule has 2 aromatic rings. The molecule has 0 spiro atoms. The van der Waals surface area contributed by atoms with Crippen molar-refractivity contribution < 1.29 is 14.7 Å². The first-order chi connectivity index (χ1) is 8.59. The zero-order valence-corrected chi connectivity index (χ0v) is 9.88. The van der Waals surface area contributed by atoms with Crippen LogP contribution in [0, 0.1) is 0 Å². The summed E-state index contributed by atoms with van der Waals surface area (Å²) >= 11 is 0. The highest BCUT2D eigenvalue weighted by Crippen LogP contribution is 2.13. The van der Waals surface area contributed by atoms with Crippen LogP contribution in [0.2, 0.25) is 0 Å². The average molecular weight is 247 g/mol. The number of pyridine rings is 1. The number of carboxylic acids is 1. The third kappa shape index (κ3) is 2.32. The van der Waals surface area contributed by atoms with Gasteiger partial charge in [-0.1, -0.05) is 6.07 Å². The second kappa shape index (κ2) is 4.87. The molecule has 0 aliphatic carbocycles. The van der Waals surface area contributed by atoms with Crippen LogP contribution in [0.5, 0.6) is 0 Å². The van der Waals surface area contributed by atoms with Gasteiger partial charge in [0.2, 0.25) is 5.91 Å². The van der Waals surface area contributed by atoms with Gasteiger partial charge in [0.15, 0.2) is 5.69 Å². The van der Waals surface area contributed by atoms with Crippen molar-refractivity contribution in [2.45, 2.75) is 13.3 Å². The Hall–Kier alpha value is -2.37. The lowest BCUT2D eigenvalue weighted by Gasteiger charge is -2.01. The number of rotatable bonds is 4. The SMILES string of the molecule is CC(=O)NCCc1nc(C(=O)O)c2ccccn12. The smallest absolute Gasteiger partial charge is 0.356 e. The Morgan fingerprint density at radius 1 is 1.44 bits per heavy atom.